The van der Waals surface area contributed by atoms with E-state index in [0.29, 0.717) is 11.6 Å². The number of carbonyl (C=O) groups excluding carboxylic acids is 1. The van der Waals surface area contributed by atoms with E-state index in [1.807, 2.05) is 19.2 Å². The second-order valence-corrected chi connectivity index (χ2v) is 4.86. The van der Waals surface area contributed by atoms with Gasteiger partial charge in [0.15, 0.2) is 0 Å². The number of amides is 1. The fourth-order valence-electron chi connectivity index (χ4n) is 1.97. The molecule has 2 aromatic rings. The van der Waals surface area contributed by atoms with Crippen LogP contribution < -0.4 is 5.43 Å². The van der Waals surface area contributed by atoms with E-state index < -0.39 is 0 Å². The van der Waals surface area contributed by atoms with E-state index in [2.05, 4.69) is 33.9 Å². The Morgan fingerprint density at radius 2 is 2.30 bits per heavy atom. The van der Waals surface area contributed by atoms with Gasteiger partial charge in [-0.25, -0.2) is 5.43 Å². The van der Waals surface area contributed by atoms with Crippen molar-refractivity contribution in [2.45, 2.75) is 26.8 Å². The van der Waals surface area contributed by atoms with Gasteiger partial charge < -0.3 is 4.57 Å². The van der Waals surface area contributed by atoms with E-state index in [0.717, 1.165) is 5.56 Å². The van der Waals surface area contributed by atoms with Gasteiger partial charge in [0, 0.05) is 35.9 Å². The van der Waals surface area contributed by atoms with Crippen molar-refractivity contribution >= 4 is 12.1 Å². The number of nitrogens with one attached hydrogen (secondary N) is 1. The van der Waals surface area contributed by atoms with Crippen LogP contribution in [0.2, 0.25) is 0 Å². The van der Waals surface area contributed by atoms with Gasteiger partial charge in [0.2, 0.25) is 0 Å². The van der Waals surface area contributed by atoms with Crippen LogP contribution in [-0.2, 0) is 0 Å². The van der Waals surface area contributed by atoms with Crippen molar-refractivity contribution in [3.05, 3.63) is 53.6 Å². The van der Waals surface area contributed by atoms with Crippen LogP contribution in [0.5, 0.6) is 0 Å². The quantitative estimate of drug-likeness (QED) is 0.685. The lowest BCUT2D eigenvalue weighted by molar-refractivity contribution is 0.0955. The highest BCUT2D eigenvalue weighted by Crippen LogP contribution is 2.12. The molecule has 0 bridgehead atoms. The number of hydrogen-bond donors (Lipinski definition) is 1. The molecule has 104 valence electrons. The summed E-state index contributed by atoms with van der Waals surface area (Å²) in [5.74, 6) is -0.269. The summed E-state index contributed by atoms with van der Waals surface area (Å²) in [7, 11) is 0. The summed E-state index contributed by atoms with van der Waals surface area (Å²) in [5.41, 5.74) is 5.10. The van der Waals surface area contributed by atoms with E-state index in [1.165, 1.54) is 11.9 Å². The largest absolute Gasteiger partial charge is 0.349 e. The van der Waals surface area contributed by atoms with Gasteiger partial charge in [-0.15, -0.1) is 0 Å². The van der Waals surface area contributed by atoms with Gasteiger partial charge in [0.25, 0.3) is 5.91 Å². The van der Waals surface area contributed by atoms with Gasteiger partial charge in [-0.2, -0.15) is 5.10 Å². The SMILES string of the molecule is Cc1cc(/C=N\NC(=O)c2cccnc2)cn1C(C)C. The molecule has 0 aliphatic rings. The van der Waals surface area contributed by atoms with Crippen LogP contribution in [0.4, 0.5) is 0 Å². The maximum atomic E-state index is 11.7. The Labute approximate surface area is 118 Å². The van der Waals surface area contributed by atoms with Gasteiger partial charge >= 0.3 is 0 Å². The molecule has 2 heterocycles. The Bertz CT molecular complexity index is 614. The lowest BCUT2D eigenvalue weighted by Crippen LogP contribution is -2.17. The summed E-state index contributed by atoms with van der Waals surface area (Å²) in [4.78, 5) is 15.6. The molecular weight excluding hydrogens is 252 g/mol. The Balaban J connectivity index is 2.00. The Morgan fingerprint density at radius 3 is 2.90 bits per heavy atom. The third kappa shape index (κ3) is 3.32. The van der Waals surface area contributed by atoms with E-state index >= 15 is 0 Å². The molecule has 0 aliphatic heterocycles. The molecule has 0 unspecified atom stereocenters. The number of aromatic nitrogens is 2. The zero-order valence-corrected chi connectivity index (χ0v) is 11.9. The zero-order valence-electron chi connectivity index (χ0n) is 11.9. The molecule has 1 N–H and O–H groups in total. The third-order valence-corrected chi connectivity index (χ3v) is 2.93. The molecule has 0 spiro atoms. The second kappa shape index (κ2) is 6.14. The molecule has 5 nitrogen and oxygen atoms in total. The Morgan fingerprint density at radius 1 is 1.50 bits per heavy atom. The van der Waals surface area contributed by atoms with E-state index in [9.17, 15) is 4.79 Å². The standard InChI is InChI=1S/C15H18N4O/c1-11(2)19-10-13(7-12(19)3)8-17-18-15(20)14-5-4-6-16-9-14/h4-11H,1-3H3,(H,18,20)/b17-8-. The number of hydrogen-bond acceptors (Lipinski definition) is 3. The lowest BCUT2D eigenvalue weighted by Gasteiger charge is -2.08. The predicted molar refractivity (Wildman–Crippen MR) is 78.9 cm³/mol. The first kappa shape index (κ1) is 14.0. The summed E-state index contributed by atoms with van der Waals surface area (Å²) in [5, 5.41) is 3.97. The van der Waals surface area contributed by atoms with Crippen LogP contribution in [0.25, 0.3) is 0 Å². The van der Waals surface area contributed by atoms with E-state index in [4.69, 9.17) is 0 Å². The van der Waals surface area contributed by atoms with E-state index in [1.54, 1.807) is 24.5 Å². The Kier molecular flexibility index (Phi) is 4.30. The molecule has 0 radical (unpaired) electrons. The molecular formula is C15H18N4O. The van der Waals surface area contributed by atoms with Crippen molar-refractivity contribution in [1.82, 2.24) is 15.0 Å². The van der Waals surface area contributed by atoms with Crippen molar-refractivity contribution < 1.29 is 4.79 Å². The van der Waals surface area contributed by atoms with Gasteiger partial charge in [-0.1, -0.05) is 0 Å². The molecule has 0 aromatic carbocycles. The average molecular weight is 270 g/mol. The molecule has 0 saturated carbocycles. The van der Waals surface area contributed by atoms with Gasteiger partial charge in [0.05, 0.1) is 11.8 Å². The summed E-state index contributed by atoms with van der Waals surface area (Å²) in [6, 6.07) is 5.84. The normalized spacial score (nSPS) is 11.2. The smallest absolute Gasteiger partial charge is 0.272 e. The molecule has 2 aromatic heterocycles. The molecule has 2 rings (SSSR count). The van der Waals surface area contributed by atoms with Crippen molar-refractivity contribution in [1.29, 1.82) is 0 Å². The molecule has 0 aliphatic carbocycles. The average Bonchev–Trinajstić information content (AvgIpc) is 2.81. The van der Waals surface area contributed by atoms with Crippen molar-refractivity contribution in [2.75, 3.05) is 0 Å². The van der Waals surface area contributed by atoms with Crippen molar-refractivity contribution in [2.24, 2.45) is 5.10 Å². The molecule has 0 fully saturated rings. The monoisotopic (exact) mass is 270 g/mol. The molecule has 0 atom stereocenters. The highest BCUT2D eigenvalue weighted by molar-refractivity contribution is 5.94. The van der Waals surface area contributed by atoms with Crippen LogP contribution in [0.15, 0.2) is 41.9 Å². The van der Waals surface area contributed by atoms with Crippen molar-refractivity contribution in [3.8, 4) is 0 Å². The van der Waals surface area contributed by atoms with Crippen LogP contribution in [0, 0.1) is 6.92 Å². The minimum atomic E-state index is -0.269. The number of pyridine rings is 1. The number of nitrogens with zero attached hydrogens (tertiary/aromatic N) is 3. The maximum absolute atomic E-state index is 11.7. The zero-order chi connectivity index (χ0) is 14.5. The summed E-state index contributed by atoms with van der Waals surface area (Å²) >= 11 is 0. The summed E-state index contributed by atoms with van der Waals surface area (Å²) in [6.45, 7) is 6.29. The highest BCUT2D eigenvalue weighted by atomic mass is 16.2. The first-order valence-corrected chi connectivity index (χ1v) is 6.50. The van der Waals surface area contributed by atoms with E-state index in [-0.39, 0.29) is 5.91 Å². The molecule has 0 saturated heterocycles. The number of carbonyl (C=O) groups is 1. The molecule has 20 heavy (non-hydrogen) atoms. The summed E-state index contributed by atoms with van der Waals surface area (Å²) in [6.07, 6.45) is 6.78. The Hall–Kier alpha value is -2.43. The lowest BCUT2D eigenvalue weighted by atomic mass is 10.3. The molecule has 1 amide bonds. The predicted octanol–water partition coefficient (Wildman–Crippen LogP) is 2.54. The minimum Gasteiger partial charge on any atom is -0.349 e. The third-order valence-electron chi connectivity index (χ3n) is 2.93. The van der Waals surface area contributed by atoms with Crippen LogP contribution in [0.1, 0.15) is 41.5 Å². The van der Waals surface area contributed by atoms with Gasteiger partial charge in [-0.3, -0.25) is 9.78 Å². The van der Waals surface area contributed by atoms with Crippen LogP contribution in [-0.4, -0.2) is 21.7 Å². The minimum absolute atomic E-state index is 0.269. The fourth-order valence-corrected chi connectivity index (χ4v) is 1.97. The van der Waals surface area contributed by atoms with Gasteiger partial charge in [-0.05, 0) is 39.0 Å². The summed E-state index contributed by atoms with van der Waals surface area (Å²) < 4.78 is 2.16. The van der Waals surface area contributed by atoms with Gasteiger partial charge in [0.1, 0.15) is 0 Å². The first-order valence-electron chi connectivity index (χ1n) is 6.50. The van der Waals surface area contributed by atoms with Crippen LogP contribution >= 0.6 is 0 Å². The topological polar surface area (TPSA) is 59.3 Å². The van der Waals surface area contributed by atoms with Crippen LogP contribution in [0.3, 0.4) is 0 Å². The number of aryl methyl sites for hydroxylation is 1. The molecule has 5 heteroatoms. The fraction of sp³-hybridized carbons (Fsp3) is 0.267. The number of hydrazone groups is 1. The maximum Gasteiger partial charge on any atom is 0.272 e. The number of rotatable bonds is 4. The second-order valence-electron chi connectivity index (χ2n) is 4.86. The van der Waals surface area contributed by atoms with Crippen molar-refractivity contribution in [3.63, 3.8) is 0 Å². The highest BCUT2D eigenvalue weighted by Gasteiger charge is 2.04. The first-order chi connectivity index (χ1) is 9.58.